The summed E-state index contributed by atoms with van der Waals surface area (Å²) in [4.78, 5) is 17.1. The molecule has 1 aliphatic rings. The summed E-state index contributed by atoms with van der Waals surface area (Å²) in [6.07, 6.45) is 6.87. The third-order valence-corrected chi connectivity index (χ3v) is 5.16. The average molecular weight is 379 g/mol. The molecular weight excluding hydrogens is 354 g/mol. The van der Waals surface area contributed by atoms with Gasteiger partial charge in [-0.1, -0.05) is 12.1 Å². The maximum Gasteiger partial charge on any atom is 0.251 e. The first kappa shape index (κ1) is 18.5. The van der Waals surface area contributed by atoms with E-state index >= 15 is 0 Å². The van der Waals surface area contributed by atoms with Gasteiger partial charge in [0.1, 0.15) is 18.0 Å². The van der Waals surface area contributed by atoms with E-state index < -0.39 is 0 Å². The second kappa shape index (κ2) is 8.02. The van der Waals surface area contributed by atoms with Crippen molar-refractivity contribution in [1.82, 2.24) is 14.7 Å². The third-order valence-electron chi connectivity index (χ3n) is 5.16. The van der Waals surface area contributed by atoms with Gasteiger partial charge in [0.15, 0.2) is 0 Å². The quantitative estimate of drug-likeness (QED) is 0.713. The number of aryl methyl sites for hydroxylation is 1. The lowest BCUT2D eigenvalue weighted by atomic mass is 9.93. The molecule has 1 saturated carbocycles. The van der Waals surface area contributed by atoms with Gasteiger partial charge in [-0.2, -0.15) is 0 Å². The van der Waals surface area contributed by atoms with Crippen molar-refractivity contribution in [2.24, 2.45) is 0 Å². The number of carbonyl (C=O) groups is 1. The number of nitrogens with one attached hydrogen (secondary N) is 1. The first-order chi connectivity index (χ1) is 13.6. The summed E-state index contributed by atoms with van der Waals surface area (Å²) < 4.78 is 7.84. The van der Waals surface area contributed by atoms with Crippen molar-refractivity contribution < 1.29 is 14.6 Å². The molecule has 146 valence electrons. The normalized spacial score (nSPS) is 19.5. The van der Waals surface area contributed by atoms with Crippen LogP contribution in [0.25, 0.3) is 5.65 Å². The average Bonchev–Trinajstić information content (AvgIpc) is 3.10. The van der Waals surface area contributed by atoms with Gasteiger partial charge in [0.2, 0.25) is 0 Å². The number of nitrogens with zero attached hydrogens (tertiary/aromatic N) is 2. The first-order valence-corrected chi connectivity index (χ1v) is 9.73. The largest absolute Gasteiger partial charge is 0.487 e. The van der Waals surface area contributed by atoms with Crippen molar-refractivity contribution in [2.75, 3.05) is 0 Å². The molecule has 3 aromatic rings. The van der Waals surface area contributed by atoms with Crippen LogP contribution < -0.4 is 10.1 Å². The molecule has 2 heterocycles. The highest BCUT2D eigenvalue weighted by Crippen LogP contribution is 2.20. The van der Waals surface area contributed by atoms with Crippen LogP contribution in [0.1, 0.15) is 47.3 Å². The highest BCUT2D eigenvalue weighted by molar-refractivity contribution is 5.94. The Labute approximate surface area is 164 Å². The lowest BCUT2D eigenvalue weighted by molar-refractivity contribution is 0.0867. The maximum atomic E-state index is 12.5. The van der Waals surface area contributed by atoms with Crippen LogP contribution >= 0.6 is 0 Å². The van der Waals surface area contributed by atoms with Gasteiger partial charge < -0.3 is 19.6 Å². The van der Waals surface area contributed by atoms with E-state index in [9.17, 15) is 9.90 Å². The Morgan fingerprint density at radius 3 is 2.86 bits per heavy atom. The van der Waals surface area contributed by atoms with E-state index in [1.54, 1.807) is 12.1 Å². The van der Waals surface area contributed by atoms with Crippen LogP contribution in [-0.2, 0) is 6.61 Å². The number of aliphatic hydroxyl groups excluding tert-OH is 1. The maximum absolute atomic E-state index is 12.5. The van der Waals surface area contributed by atoms with Gasteiger partial charge in [0.25, 0.3) is 5.91 Å². The van der Waals surface area contributed by atoms with Crippen LogP contribution in [0.3, 0.4) is 0 Å². The second-order valence-electron chi connectivity index (χ2n) is 7.50. The fourth-order valence-electron chi connectivity index (χ4n) is 3.60. The predicted octanol–water partition coefficient (Wildman–Crippen LogP) is 3.26. The number of carbonyl (C=O) groups excluding carboxylic acids is 1. The van der Waals surface area contributed by atoms with Crippen molar-refractivity contribution in [3.05, 3.63) is 65.6 Å². The van der Waals surface area contributed by atoms with E-state index in [0.717, 1.165) is 37.0 Å². The summed E-state index contributed by atoms with van der Waals surface area (Å²) in [7, 11) is 0. The molecule has 0 spiro atoms. The third kappa shape index (κ3) is 4.34. The minimum absolute atomic E-state index is 0.102. The van der Waals surface area contributed by atoms with Crippen LogP contribution in [0.15, 0.2) is 48.8 Å². The van der Waals surface area contributed by atoms with E-state index in [0.29, 0.717) is 17.9 Å². The second-order valence-corrected chi connectivity index (χ2v) is 7.50. The van der Waals surface area contributed by atoms with E-state index in [-0.39, 0.29) is 18.1 Å². The van der Waals surface area contributed by atoms with Crippen LogP contribution in [0.2, 0.25) is 0 Å². The Balaban J connectivity index is 1.38. The molecule has 6 heteroatoms. The fourth-order valence-corrected chi connectivity index (χ4v) is 3.60. The molecule has 1 aliphatic carbocycles. The minimum atomic E-state index is -0.228. The molecule has 0 atom stereocenters. The van der Waals surface area contributed by atoms with Gasteiger partial charge in [0, 0.05) is 24.0 Å². The Morgan fingerprint density at radius 2 is 2.04 bits per heavy atom. The summed E-state index contributed by atoms with van der Waals surface area (Å²) in [6.45, 7) is 2.38. The molecule has 0 bridgehead atoms. The van der Waals surface area contributed by atoms with Gasteiger partial charge in [-0.25, -0.2) is 4.98 Å². The fraction of sp³-hybridized carbons (Fsp3) is 0.364. The summed E-state index contributed by atoms with van der Waals surface area (Å²) in [5.74, 6) is 0.537. The van der Waals surface area contributed by atoms with E-state index in [1.807, 2.05) is 48.0 Å². The Bertz CT molecular complexity index is 974. The molecule has 0 aliphatic heterocycles. The molecule has 0 unspecified atom stereocenters. The lowest BCUT2D eigenvalue weighted by Crippen LogP contribution is -2.38. The van der Waals surface area contributed by atoms with E-state index in [1.165, 1.54) is 5.56 Å². The number of hydrogen-bond acceptors (Lipinski definition) is 4. The molecule has 6 nitrogen and oxygen atoms in total. The molecule has 0 radical (unpaired) electrons. The van der Waals surface area contributed by atoms with Crippen molar-refractivity contribution in [2.45, 2.75) is 51.4 Å². The summed E-state index contributed by atoms with van der Waals surface area (Å²) in [5, 5.41) is 12.6. The number of rotatable bonds is 5. The Morgan fingerprint density at radius 1 is 1.21 bits per heavy atom. The number of amides is 1. The van der Waals surface area contributed by atoms with Crippen LogP contribution in [0, 0.1) is 6.92 Å². The number of aromatic nitrogens is 2. The monoisotopic (exact) mass is 379 g/mol. The number of pyridine rings is 1. The molecule has 4 rings (SSSR count). The summed E-state index contributed by atoms with van der Waals surface area (Å²) in [6, 6.07) is 11.3. The Kier molecular flexibility index (Phi) is 5.30. The number of ether oxygens (including phenoxy) is 1. The number of fused-ring (bicyclic) bond motifs is 1. The van der Waals surface area contributed by atoms with Crippen molar-refractivity contribution in [3.8, 4) is 5.75 Å². The molecule has 28 heavy (non-hydrogen) atoms. The molecule has 2 aromatic heterocycles. The van der Waals surface area contributed by atoms with Crippen LogP contribution in [-0.4, -0.2) is 32.5 Å². The van der Waals surface area contributed by atoms with Crippen LogP contribution in [0.5, 0.6) is 5.75 Å². The summed E-state index contributed by atoms with van der Waals surface area (Å²) in [5.41, 5.74) is 3.47. The summed E-state index contributed by atoms with van der Waals surface area (Å²) >= 11 is 0. The van der Waals surface area contributed by atoms with Crippen molar-refractivity contribution in [3.63, 3.8) is 0 Å². The van der Waals surface area contributed by atoms with Gasteiger partial charge in [-0.05, 0) is 62.4 Å². The van der Waals surface area contributed by atoms with Crippen molar-refractivity contribution >= 4 is 11.6 Å². The zero-order valence-corrected chi connectivity index (χ0v) is 16.0. The zero-order valence-electron chi connectivity index (χ0n) is 16.0. The van der Waals surface area contributed by atoms with Crippen LogP contribution in [0.4, 0.5) is 0 Å². The standard InChI is InChI=1S/C22H25N3O3/c1-15-5-10-21-23-18(13-25(21)12-15)14-28-20-4-2-3-16(11-20)22(27)24-17-6-8-19(26)9-7-17/h2-5,10-13,17,19,26H,6-9,14H2,1H3,(H,24,27). The SMILES string of the molecule is Cc1ccc2nc(COc3cccc(C(=O)NC4CCC(O)CC4)c3)cn2c1. The number of hydrogen-bond donors (Lipinski definition) is 2. The van der Waals surface area contributed by atoms with Gasteiger partial charge in [-0.3, -0.25) is 4.79 Å². The highest BCUT2D eigenvalue weighted by Gasteiger charge is 2.21. The van der Waals surface area contributed by atoms with Crippen molar-refractivity contribution in [1.29, 1.82) is 0 Å². The molecule has 1 aromatic carbocycles. The first-order valence-electron chi connectivity index (χ1n) is 9.73. The highest BCUT2D eigenvalue weighted by atomic mass is 16.5. The predicted molar refractivity (Wildman–Crippen MR) is 106 cm³/mol. The van der Waals surface area contributed by atoms with Gasteiger partial charge in [0.05, 0.1) is 11.8 Å². The molecular formula is C22H25N3O3. The minimum Gasteiger partial charge on any atom is -0.487 e. The van der Waals surface area contributed by atoms with E-state index in [2.05, 4.69) is 10.3 Å². The number of benzene rings is 1. The zero-order chi connectivity index (χ0) is 19.5. The topological polar surface area (TPSA) is 75.9 Å². The molecule has 0 saturated heterocycles. The molecule has 1 amide bonds. The van der Waals surface area contributed by atoms with Gasteiger partial charge in [-0.15, -0.1) is 0 Å². The number of imidazole rings is 1. The Hall–Kier alpha value is -2.86. The smallest absolute Gasteiger partial charge is 0.251 e. The molecule has 1 fully saturated rings. The lowest BCUT2D eigenvalue weighted by Gasteiger charge is -2.26. The van der Waals surface area contributed by atoms with Gasteiger partial charge >= 0.3 is 0 Å². The molecule has 2 N–H and O–H groups in total. The number of aliphatic hydroxyl groups is 1. The van der Waals surface area contributed by atoms with E-state index in [4.69, 9.17) is 4.74 Å².